The van der Waals surface area contributed by atoms with Crippen LogP contribution in [-0.4, -0.2) is 41.9 Å². The summed E-state index contributed by atoms with van der Waals surface area (Å²) in [7, 11) is 0. The van der Waals surface area contributed by atoms with E-state index in [0.717, 1.165) is 4.47 Å². The fourth-order valence-electron chi connectivity index (χ4n) is 2.29. The number of ether oxygens (including phenoxy) is 1. The summed E-state index contributed by atoms with van der Waals surface area (Å²) in [6.07, 6.45) is -1.25. The van der Waals surface area contributed by atoms with Crippen LogP contribution >= 0.6 is 15.9 Å². The van der Waals surface area contributed by atoms with Crippen LogP contribution in [0.4, 0.5) is 10.5 Å². The van der Waals surface area contributed by atoms with E-state index in [1.807, 2.05) is 13.8 Å². The van der Waals surface area contributed by atoms with E-state index in [1.165, 1.54) is 4.90 Å². The molecule has 1 aromatic carbocycles. The normalized spacial score (nSPS) is 12.4. The fourth-order valence-corrected chi connectivity index (χ4v) is 2.56. The molecule has 0 aliphatic rings. The smallest absolute Gasteiger partial charge is 0.412 e. The zero-order valence-corrected chi connectivity index (χ0v) is 17.3. The minimum absolute atomic E-state index is 0.0919. The molecule has 0 bridgehead atoms. The van der Waals surface area contributed by atoms with Gasteiger partial charge in [-0.2, -0.15) is 5.10 Å². The van der Waals surface area contributed by atoms with Gasteiger partial charge >= 0.3 is 6.09 Å². The van der Waals surface area contributed by atoms with Crippen molar-refractivity contribution in [3.8, 4) is 0 Å². The highest BCUT2D eigenvalue weighted by molar-refractivity contribution is 9.10. The molecule has 1 unspecified atom stereocenters. The van der Waals surface area contributed by atoms with Crippen LogP contribution in [0.15, 0.2) is 33.8 Å². The number of amides is 2. The molecule has 0 saturated carbocycles. The third-order valence-corrected chi connectivity index (χ3v) is 4.19. The molecule has 0 spiro atoms. The predicted molar refractivity (Wildman–Crippen MR) is 109 cm³/mol. The molecule has 0 aliphatic carbocycles. The Bertz CT molecular complexity index is 651. The van der Waals surface area contributed by atoms with Gasteiger partial charge in [0.15, 0.2) is 11.9 Å². The monoisotopic (exact) mass is 442 g/mol. The fraction of sp³-hybridized carbons (Fsp3) is 0.471. The van der Waals surface area contributed by atoms with Crippen LogP contribution in [-0.2, 0) is 9.53 Å². The minimum atomic E-state index is -0.933. The van der Waals surface area contributed by atoms with E-state index in [9.17, 15) is 9.59 Å². The number of carbonyl (C=O) groups excluding carboxylic acids is 2. The number of anilines is 1. The number of halogens is 1. The molecule has 1 atom stereocenters. The van der Waals surface area contributed by atoms with Gasteiger partial charge in [0.2, 0.25) is 0 Å². The SMILES string of the molecule is CCN(C/C(=N/N)NN)C(=O)C(CC(C)C)OC(=O)Nc1ccc(Br)cc1. The van der Waals surface area contributed by atoms with Crippen molar-refractivity contribution in [1.82, 2.24) is 10.3 Å². The average Bonchev–Trinajstić information content (AvgIpc) is 2.63. The summed E-state index contributed by atoms with van der Waals surface area (Å²) in [6, 6.07) is 7.02. The summed E-state index contributed by atoms with van der Waals surface area (Å²) in [5.74, 6) is 10.6. The molecule has 1 aromatic rings. The van der Waals surface area contributed by atoms with Crippen LogP contribution in [0.5, 0.6) is 0 Å². The molecule has 150 valence electrons. The number of hydrazone groups is 1. The van der Waals surface area contributed by atoms with E-state index in [1.54, 1.807) is 31.2 Å². The lowest BCUT2D eigenvalue weighted by Crippen LogP contribution is -2.48. The van der Waals surface area contributed by atoms with E-state index in [0.29, 0.717) is 18.7 Å². The number of amidine groups is 1. The number of rotatable bonds is 8. The quantitative estimate of drug-likeness (QED) is 0.210. The second kappa shape index (κ2) is 11.4. The van der Waals surface area contributed by atoms with Crippen molar-refractivity contribution in [1.29, 1.82) is 0 Å². The molecule has 0 saturated heterocycles. The minimum Gasteiger partial charge on any atom is -0.436 e. The van der Waals surface area contributed by atoms with Crippen molar-refractivity contribution >= 4 is 39.5 Å². The molecule has 6 N–H and O–H groups in total. The highest BCUT2D eigenvalue weighted by Gasteiger charge is 2.28. The third-order valence-electron chi connectivity index (χ3n) is 3.66. The van der Waals surface area contributed by atoms with E-state index >= 15 is 0 Å². The number of benzene rings is 1. The maximum absolute atomic E-state index is 12.9. The van der Waals surface area contributed by atoms with E-state index in [4.69, 9.17) is 16.4 Å². The maximum atomic E-state index is 12.9. The molecule has 2 amide bonds. The first-order chi connectivity index (χ1) is 12.8. The number of nitrogens with two attached hydrogens (primary N) is 2. The van der Waals surface area contributed by atoms with E-state index in [-0.39, 0.29) is 24.2 Å². The molecule has 0 radical (unpaired) electrons. The van der Waals surface area contributed by atoms with Gasteiger partial charge in [0.25, 0.3) is 5.91 Å². The topological polar surface area (TPSA) is 135 Å². The van der Waals surface area contributed by atoms with Gasteiger partial charge in [-0.3, -0.25) is 10.1 Å². The van der Waals surface area contributed by atoms with Crippen LogP contribution < -0.4 is 22.4 Å². The molecular formula is C17H27BrN6O3. The summed E-state index contributed by atoms with van der Waals surface area (Å²) >= 11 is 3.33. The number of likely N-dealkylation sites (N-methyl/N-ethyl adjacent to an activating group) is 1. The average molecular weight is 443 g/mol. The first kappa shape index (κ1) is 22.7. The van der Waals surface area contributed by atoms with E-state index < -0.39 is 12.2 Å². The van der Waals surface area contributed by atoms with Gasteiger partial charge < -0.3 is 20.9 Å². The van der Waals surface area contributed by atoms with Crippen molar-refractivity contribution < 1.29 is 14.3 Å². The summed E-state index contributed by atoms with van der Waals surface area (Å²) in [5, 5.41) is 6.10. The van der Waals surface area contributed by atoms with Crippen molar-refractivity contribution in [3.63, 3.8) is 0 Å². The molecule has 0 heterocycles. The second-order valence-corrected chi connectivity index (χ2v) is 7.14. The largest absolute Gasteiger partial charge is 0.436 e. The number of hydrogen-bond acceptors (Lipinski definition) is 6. The summed E-state index contributed by atoms with van der Waals surface area (Å²) in [6.45, 7) is 6.17. The maximum Gasteiger partial charge on any atom is 0.412 e. The number of carbonyl (C=O) groups is 2. The lowest BCUT2D eigenvalue weighted by Gasteiger charge is -2.27. The molecule has 10 heteroatoms. The third kappa shape index (κ3) is 7.83. The zero-order valence-electron chi connectivity index (χ0n) is 15.7. The Kier molecular flexibility index (Phi) is 9.59. The molecular weight excluding hydrogens is 416 g/mol. The standard InChI is InChI=1S/C17H27BrN6O3/c1-4-24(10-15(22-19)23-20)16(25)14(9-11(2)3)27-17(26)21-13-7-5-12(18)6-8-13/h5-8,11,14H,4,9-10,19-20H2,1-3H3,(H,21,26)(H,22,23). The summed E-state index contributed by atoms with van der Waals surface area (Å²) in [5.41, 5.74) is 2.90. The molecule has 0 fully saturated rings. The first-order valence-corrected chi connectivity index (χ1v) is 9.35. The molecule has 0 aromatic heterocycles. The number of nitrogens with one attached hydrogen (secondary N) is 2. The highest BCUT2D eigenvalue weighted by Crippen LogP contribution is 2.16. The van der Waals surface area contributed by atoms with Crippen molar-refractivity contribution in [2.45, 2.75) is 33.3 Å². The molecule has 9 nitrogen and oxygen atoms in total. The van der Waals surface area contributed by atoms with Gasteiger partial charge in [-0.25, -0.2) is 10.6 Å². The van der Waals surface area contributed by atoms with E-state index in [2.05, 4.69) is 31.8 Å². The van der Waals surface area contributed by atoms with Gasteiger partial charge in [-0.1, -0.05) is 29.8 Å². The molecule has 0 aliphatic heterocycles. The summed E-state index contributed by atoms with van der Waals surface area (Å²) in [4.78, 5) is 26.6. The van der Waals surface area contributed by atoms with Crippen molar-refractivity contribution in [2.75, 3.05) is 18.4 Å². The van der Waals surface area contributed by atoms with Gasteiger partial charge in [0.1, 0.15) is 0 Å². The molecule has 1 rings (SSSR count). The number of hydrazine groups is 1. The van der Waals surface area contributed by atoms with Crippen LogP contribution in [0.3, 0.4) is 0 Å². The van der Waals surface area contributed by atoms with Gasteiger partial charge in [-0.05, 0) is 43.5 Å². The van der Waals surface area contributed by atoms with Gasteiger partial charge in [-0.15, -0.1) is 0 Å². The van der Waals surface area contributed by atoms with Crippen molar-refractivity contribution in [3.05, 3.63) is 28.7 Å². The Morgan fingerprint density at radius 3 is 2.41 bits per heavy atom. The Hall–Kier alpha value is -2.33. The predicted octanol–water partition coefficient (Wildman–Crippen LogP) is 2.00. The highest BCUT2D eigenvalue weighted by atomic mass is 79.9. The second-order valence-electron chi connectivity index (χ2n) is 6.23. The number of hydrogen-bond donors (Lipinski definition) is 4. The lowest BCUT2D eigenvalue weighted by molar-refractivity contribution is -0.140. The molecule has 27 heavy (non-hydrogen) atoms. The zero-order chi connectivity index (χ0) is 20.4. The lowest BCUT2D eigenvalue weighted by atomic mass is 10.0. The Labute approximate surface area is 167 Å². The van der Waals surface area contributed by atoms with Crippen LogP contribution in [0.1, 0.15) is 27.2 Å². The Balaban J connectivity index is 2.84. The van der Waals surface area contributed by atoms with Gasteiger partial charge in [0, 0.05) is 16.7 Å². The first-order valence-electron chi connectivity index (χ1n) is 8.56. The Morgan fingerprint density at radius 1 is 1.30 bits per heavy atom. The van der Waals surface area contributed by atoms with Crippen LogP contribution in [0.25, 0.3) is 0 Å². The van der Waals surface area contributed by atoms with Crippen molar-refractivity contribution in [2.24, 2.45) is 22.7 Å². The van der Waals surface area contributed by atoms with Crippen LogP contribution in [0.2, 0.25) is 0 Å². The van der Waals surface area contributed by atoms with Crippen LogP contribution in [0, 0.1) is 5.92 Å². The Morgan fingerprint density at radius 2 is 1.93 bits per heavy atom. The number of nitrogens with zero attached hydrogens (tertiary/aromatic N) is 2. The van der Waals surface area contributed by atoms with Gasteiger partial charge in [0.05, 0.1) is 6.54 Å². The summed E-state index contributed by atoms with van der Waals surface area (Å²) < 4.78 is 6.30.